The molecule has 0 radical (unpaired) electrons. The number of ether oxygens (including phenoxy) is 1. The molecule has 6 nitrogen and oxygen atoms in total. The summed E-state index contributed by atoms with van der Waals surface area (Å²) in [5.41, 5.74) is 2.76. The maximum absolute atomic E-state index is 12.4. The second kappa shape index (κ2) is 11.7. The number of hydrogen-bond acceptors (Lipinski definition) is 5. The van der Waals surface area contributed by atoms with Gasteiger partial charge in [0.1, 0.15) is 6.10 Å². The molecule has 6 heteroatoms. The maximum atomic E-state index is 12.4. The van der Waals surface area contributed by atoms with E-state index in [2.05, 4.69) is 47.9 Å². The molecule has 32 heavy (non-hydrogen) atoms. The zero-order valence-corrected chi connectivity index (χ0v) is 19.8. The van der Waals surface area contributed by atoms with E-state index < -0.39 is 0 Å². The molecule has 1 N–H and O–H groups in total. The Kier molecular flexibility index (Phi) is 8.97. The van der Waals surface area contributed by atoms with Crippen molar-refractivity contribution in [3.63, 3.8) is 0 Å². The highest BCUT2D eigenvalue weighted by molar-refractivity contribution is 5.79. The summed E-state index contributed by atoms with van der Waals surface area (Å²) < 4.78 is 5.79. The monoisotopic (exact) mass is 444 g/mol. The molecule has 0 amide bonds. The van der Waals surface area contributed by atoms with Gasteiger partial charge in [0.25, 0.3) is 6.47 Å². The molecule has 1 aliphatic carbocycles. The first-order valence-corrected chi connectivity index (χ1v) is 12.3. The maximum Gasteiger partial charge on any atom is 0.312 e. The van der Waals surface area contributed by atoms with E-state index in [4.69, 9.17) is 14.6 Å². The molecule has 1 unspecified atom stereocenters. The van der Waals surface area contributed by atoms with Crippen molar-refractivity contribution in [3.8, 4) is 0 Å². The van der Waals surface area contributed by atoms with Crippen LogP contribution in [0.15, 0.2) is 24.3 Å². The summed E-state index contributed by atoms with van der Waals surface area (Å²) >= 11 is 0. The molecule has 1 atom stereocenters. The number of cyclic esters (lactones) is 1. The van der Waals surface area contributed by atoms with Crippen molar-refractivity contribution in [2.45, 2.75) is 77.2 Å². The SMILES string of the molecule is CC(C)c1ccccc1N1CCN(CCCC2CC3(CCCCC3)C(=O)O2)CC1.O=CO. The largest absolute Gasteiger partial charge is 0.483 e. The molecule has 3 fully saturated rings. The van der Waals surface area contributed by atoms with Crippen LogP contribution >= 0.6 is 0 Å². The van der Waals surface area contributed by atoms with Gasteiger partial charge < -0.3 is 14.7 Å². The van der Waals surface area contributed by atoms with E-state index in [-0.39, 0.29) is 24.0 Å². The Bertz CT molecular complexity index is 737. The fraction of sp³-hybridized carbons (Fsp3) is 0.692. The molecule has 0 bridgehead atoms. The summed E-state index contributed by atoms with van der Waals surface area (Å²) in [7, 11) is 0. The highest BCUT2D eigenvalue weighted by Crippen LogP contribution is 2.46. The van der Waals surface area contributed by atoms with Crippen molar-refractivity contribution in [3.05, 3.63) is 29.8 Å². The van der Waals surface area contributed by atoms with Gasteiger partial charge in [0.15, 0.2) is 0 Å². The van der Waals surface area contributed by atoms with Crippen molar-refractivity contribution in [2.75, 3.05) is 37.6 Å². The Morgan fingerprint density at radius 3 is 2.44 bits per heavy atom. The van der Waals surface area contributed by atoms with E-state index in [1.807, 2.05) is 0 Å². The van der Waals surface area contributed by atoms with Crippen molar-refractivity contribution >= 4 is 18.1 Å². The van der Waals surface area contributed by atoms with Gasteiger partial charge in [0, 0.05) is 38.3 Å². The summed E-state index contributed by atoms with van der Waals surface area (Å²) in [5.74, 6) is 0.672. The summed E-state index contributed by atoms with van der Waals surface area (Å²) in [4.78, 5) is 25.9. The molecule has 2 aliphatic heterocycles. The molecule has 2 heterocycles. The smallest absolute Gasteiger partial charge is 0.312 e. The minimum atomic E-state index is -0.250. The van der Waals surface area contributed by atoms with Gasteiger partial charge in [-0.15, -0.1) is 0 Å². The number of para-hydroxylation sites is 1. The Labute approximate surface area is 192 Å². The van der Waals surface area contributed by atoms with Gasteiger partial charge in [-0.2, -0.15) is 0 Å². The Balaban J connectivity index is 0.000000913. The molecular weight excluding hydrogens is 404 g/mol. The van der Waals surface area contributed by atoms with Gasteiger partial charge in [-0.3, -0.25) is 14.5 Å². The summed E-state index contributed by atoms with van der Waals surface area (Å²) in [6, 6.07) is 8.87. The van der Waals surface area contributed by atoms with E-state index in [0.717, 1.165) is 64.8 Å². The highest BCUT2D eigenvalue weighted by atomic mass is 16.6. The number of carboxylic acid groups (broad SMARTS) is 1. The third kappa shape index (κ3) is 6.03. The van der Waals surface area contributed by atoms with Gasteiger partial charge in [0.05, 0.1) is 5.41 Å². The van der Waals surface area contributed by atoms with Crippen LogP contribution in [0.3, 0.4) is 0 Å². The lowest BCUT2D eigenvalue weighted by molar-refractivity contribution is -0.150. The van der Waals surface area contributed by atoms with Crippen LogP contribution in [0, 0.1) is 5.41 Å². The number of carbonyl (C=O) groups is 2. The van der Waals surface area contributed by atoms with Crippen LogP contribution in [0.25, 0.3) is 0 Å². The third-order valence-corrected chi connectivity index (χ3v) is 7.41. The fourth-order valence-electron chi connectivity index (χ4n) is 5.65. The van der Waals surface area contributed by atoms with Crippen LogP contribution in [0.5, 0.6) is 0 Å². The second-order valence-electron chi connectivity index (χ2n) is 9.86. The van der Waals surface area contributed by atoms with E-state index in [1.54, 1.807) is 0 Å². The minimum Gasteiger partial charge on any atom is -0.483 e. The molecule has 178 valence electrons. The lowest BCUT2D eigenvalue weighted by Gasteiger charge is -2.37. The van der Waals surface area contributed by atoms with Crippen molar-refractivity contribution in [1.82, 2.24) is 4.90 Å². The summed E-state index contributed by atoms with van der Waals surface area (Å²) in [6.45, 7) is 9.89. The van der Waals surface area contributed by atoms with Crippen LogP contribution in [-0.2, 0) is 14.3 Å². The van der Waals surface area contributed by atoms with Crippen LogP contribution in [0.4, 0.5) is 5.69 Å². The molecule has 1 spiro atoms. The van der Waals surface area contributed by atoms with Crippen LogP contribution < -0.4 is 4.90 Å². The lowest BCUT2D eigenvalue weighted by Crippen LogP contribution is -2.47. The molecule has 4 rings (SSSR count). The molecule has 2 saturated heterocycles. The third-order valence-electron chi connectivity index (χ3n) is 7.41. The van der Waals surface area contributed by atoms with Crippen molar-refractivity contribution in [1.29, 1.82) is 0 Å². The molecule has 1 aromatic carbocycles. The number of benzene rings is 1. The highest BCUT2D eigenvalue weighted by Gasteiger charge is 2.48. The van der Waals surface area contributed by atoms with E-state index in [0.29, 0.717) is 5.92 Å². The quantitative estimate of drug-likeness (QED) is 0.508. The Morgan fingerprint density at radius 1 is 1.12 bits per heavy atom. The predicted molar refractivity (Wildman–Crippen MR) is 127 cm³/mol. The molecule has 1 aromatic rings. The van der Waals surface area contributed by atoms with Gasteiger partial charge in [-0.1, -0.05) is 51.3 Å². The van der Waals surface area contributed by atoms with Crippen molar-refractivity contribution in [2.24, 2.45) is 5.41 Å². The molecule has 0 aromatic heterocycles. The number of rotatable bonds is 6. The zero-order valence-electron chi connectivity index (χ0n) is 19.8. The second-order valence-corrected chi connectivity index (χ2v) is 9.86. The molecular formula is C26H40N2O4. The fourth-order valence-corrected chi connectivity index (χ4v) is 5.65. The van der Waals surface area contributed by atoms with Crippen molar-refractivity contribution < 1.29 is 19.4 Å². The average Bonchev–Trinajstić information content (AvgIpc) is 3.09. The lowest BCUT2D eigenvalue weighted by atomic mass is 9.72. The Hall–Kier alpha value is -2.08. The van der Waals surface area contributed by atoms with Crippen LogP contribution in [-0.4, -0.2) is 61.3 Å². The normalized spacial score (nSPS) is 23.0. The number of nitrogens with zero attached hydrogens (tertiary/aromatic N) is 2. The number of piperazine rings is 1. The van der Waals surface area contributed by atoms with Gasteiger partial charge >= 0.3 is 5.97 Å². The van der Waals surface area contributed by atoms with E-state index in [1.165, 1.54) is 30.5 Å². The van der Waals surface area contributed by atoms with Gasteiger partial charge in [-0.25, -0.2) is 0 Å². The summed E-state index contributed by atoms with van der Waals surface area (Å²) in [5, 5.41) is 6.89. The van der Waals surface area contributed by atoms with Gasteiger partial charge in [0.2, 0.25) is 0 Å². The first kappa shape index (κ1) is 24.6. The predicted octanol–water partition coefficient (Wildman–Crippen LogP) is 4.68. The number of esters is 1. The molecule has 1 saturated carbocycles. The number of hydrogen-bond donors (Lipinski definition) is 1. The van der Waals surface area contributed by atoms with Crippen LogP contribution in [0.2, 0.25) is 0 Å². The first-order chi connectivity index (χ1) is 15.5. The Morgan fingerprint density at radius 2 is 1.78 bits per heavy atom. The van der Waals surface area contributed by atoms with Gasteiger partial charge in [-0.05, 0) is 49.8 Å². The number of anilines is 1. The zero-order chi connectivity index (χ0) is 23.0. The summed E-state index contributed by atoms with van der Waals surface area (Å²) in [6.07, 6.45) is 9.11. The standard InChI is InChI=1S/C25H38N2O2.CH2O2/c1-20(2)22-10-4-5-11-23(22)27-17-15-26(16-18-27)14-8-9-21-19-25(24(28)29-21)12-6-3-7-13-25;2-1-3/h4-5,10-11,20-21H,3,6-9,12-19H2,1-2H3;1H,(H,2,3). The van der Waals surface area contributed by atoms with E-state index >= 15 is 0 Å². The first-order valence-electron chi connectivity index (χ1n) is 12.3. The van der Waals surface area contributed by atoms with Crippen LogP contribution in [0.1, 0.15) is 76.7 Å². The van der Waals surface area contributed by atoms with E-state index in [9.17, 15) is 4.79 Å². The topological polar surface area (TPSA) is 70.1 Å². The minimum absolute atomic E-state index is 0.111. The average molecular weight is 445 g/mol. The molecule has 3 aliphatic rings. The number of carbonyl (C=O) groups excluding carboxylic acids is 1.